The minimum absolute atomic E-state index is 0.137. The number of benzene rings is 1. The minimum Gasteiger partial charge on any atom is -0.461 e. The second-order valence-corrected chi connectivity index (χ2v) is 10.6. The predicted octanol–water partition coefficient (Wildman–Crippen LogP) is 0.0948. The number of aliphatic hydroxyl groups excluding tert-OH is 1. The molecule has 218 valence electrons. The zero-order chi connectivity index (χ0) is 29.3. The van der Waals surface area contributed by atoms with Crippen LogP contribution < -0.4 is 20.9 Å². The molecular formula is C25H32N3O11P. The average Bonchev–Trinajstić information content (AvgIpc) is 2.93. The Kier molecular flexibility index (Phi) is 10.8. The summed E-state index contributed by atoms with van der Waals surface area (Å²) in [6.07, 6.45) is 3.51. The van der Waals surface area contributed by atoms with Gasteiger partial charge in [0.05, 0.1) is 19.8 Å². The first-order chi connectivity index (χ1) is 19.0. The number of carbonyl (C=O) groups is 1. The number of carbonyl (C=O) groups excluding carboxylic acids is 1. The molecule has 1 saturated heterocycles. The molecule has 4 N–H and O–H groups in total. The van der Waals surface area contributed by atoms with Crippen LogP contribution in [-0.2, 0) is 33.8 Å². The highest BCUT2D eigenvalue weighted by Crippen LogP contribution is 2.45. The van der Waals surface area contributed by atoms with E-state index in [1.54, 1.807) is 18.2 Å². The smallest absolute Gasteiger partial charge is 0.459 e. The molecule has 1 aromatic carbocycles. The summed E-state index contributed by atoms with van der Waals surface area (Å²) in [5.74, 6) is 1.35. The van der Waals surface area contributed by atoms with E-state index in [9.17, 15) is 29.2 Å². The van der Waals surface area contributed by atoms with Crippen LogP contribution in [0.4, 0.5) is 0 Å². The van der Waals surface area contributed by atoms with Gasteiger partial charge < -0.3 is 28.9 Å². The van der Waals surface area contributed by atoms with Crippen LogP contribution in [0.5, 0.6) is 5.75 Å². The number of terminal acetylenes is 1. The number of methoxy groups -OCH3 is 1. The number of aromatic nitrogens is 2. The Morgan fingerprint density at radius 2 is 1.98 bits per heavy atom. The van der Waals surface area contributed by atoms with Gasteiger partial charge in [-0.1, -0.05) is 18.2 Å². The zero-order valence-electron chi connectivity index (χ0n) is 21.9. The number of nitrogens with zero attached hydrogens (tertiary/aromatic N) is 1. The number of para-hydroxylation sites is 1. The minimum atomic E-state index is -4.38. The van der Waals surface area contributed by atoms with Crippen LogP contribution in [0.15, 0.2) is 52.2 Å². The molecule has 2 heterocycles. The van der Waals surface area contributed by atoms with Crippen LogP contribution in [0.2, 0.25) is 0 Å². The predicted molar refractivity (Wildman–Crippen MR) is 140 cm³/mol. The van der Waals surface area contributed by atoms with E-state index in [2.05, 4.69) is 5.09 Å². The standard InChI is InChI=1S/C25H32N3O11P/c1-4-25(33,28-13-10-21(29)26-24(28)32)22(30)20(35-3)16-37-40(34,39-19-8-6-5-7-9-19)27-17(2)23(31)38-18-11-14-36-15-12-18/h1,5-10,13,17-18,20,22,30,33H,11-12,14-16H2,2-3H3,(H,27,34)(H,26,29,32)/t17-,20+,22+,25+,40?/m0/s1. The number of aliphatic hydroxyl groups is 2. The molecule has 0 radical (unpaired) electrons. The number of ether oxygens (including phenoxy) is 3. The van der Waals surface area contributed by atoms with E-state index in [4.69, 9.17) is 29.7 Å². The van der Waals surface area contributed by atoms with Crippen LogP contribution in [0.3, 0.4) is 0 Å². The van der Waals surface area contributed by atoms with Crippen molar-refractivity contribution < 1.29 is 42.8 Å². The number of nitrogens with one attached hydrogen (secondary N) is 2. The van der Waals surface area contributed by atoms with Gasteiger partial charge in [0.2, 0.25) is 5.72 Å². The number of rotatable bonds is 13. The zero-order valence-corrected chi connectivity index (χ0v) is 22.8. The molecule has 1 aliphatic rings. The number of esters is 1. The van der Waals surface area contributed by atoms with E-state index in [0.29, 0.717) is 30.6 Å². The Morgan fingerprint density at radius 3 is 2.58 bits per heavy atom. The first kappa shape index (κ1) is 31.3. The van der Waals surface area contributed by atoms with Gasteiger partial charge in [-0.2, -0.15) is 5.09 Å². The molecule has 1 unspecified atom stereocenters. The molecular weight excluding hydrogens is 549 g/mol. The molecule has 0 aliphatic carbocycles. The molecule has 0 saturated carbocycles. The van der Waals surface area contributed by atoms with Crippen LogP contribution >= 0.6 is 7.75 Å². The Labute approximate surface area is 229 Å². The first-order valence-electron chi connectivity index (χ1n) is 12.3. The van der Waals surface area contributed by atoms with Gasteiger partial charge in [-0.15, -0.1) is 6.42 Å². The fourth-order valence-corrected chi connectivity index (χ4v) is 5.26. The van der Waals surface area contributed by atoms with E-state index >= 15 is 0 Å². The van der Waals surface area contributed by atoms with Crippen LogP contribution in [0.25, 0.3) is 0 Å². The maximum absolute atomic E-state index is 13.8. The molecule has 1 aromatic heterocycles. The highest BCUT2D eigenvalue weighted by Gasteiger charge is 2.44. The molecule has 40 heavy (non-hydrogen) atoms. The van der Waals surface area contributed by atoms with Gasteiger partial charge in [-0.25, -0.2) is 9.36 Å². The third kappa shape index (κ3) is 7.89. The molecule has 1 fully saturated rings. The Balaban J connectivity index is 1.79. The quantitative estimate of drug-likeness (QED) is 0.142. The van der Waals surface area contributed by atoms with E-state index in [-0.39, 0.29) is 11.9 Å². The molecule has 3 rings (SSSR count). The van der Waals surface area contributed by atoms with Crippen molar-refractivity contribution in [2.75, 3.05) is 26.9 Å². The van der Waals surface area contributed by atoms with Crippen LogP contribution in [0.1, 0.15) is 19.8 Å². The number of H-pyrrole nitrogens is 1. The van der Waals surface area contributed by atoms with Gasteiger partial charge in [0, 0.05) is 32.2 Å². The molecule has 0 amide bonds. The van der Waals surface area contributed by atoms with E-state index < -0.39 is 55.5 Å². The number of aromatic amines is 1. The monoisotopic (exact) mass is 581 g/mol. The van der Waals surface area contributed by atoms with Crippen molar-refractivity contribution in [2.45, 2.75) is 49.8 Å². The van der Waals surface area contributed by atoms with Gasteiger partial charge in [-0.3, -0.25) is 23.7 Å². The summed E-state index contributed by atoms with van der Waals surface area (Å²) < 4.78 is 41.4. The Bertz CT molecular complexity index is 1340. The first-order valence-corrected chi connectivity index (χ1v) is 13.8. The molecule has 2 aromatic rings. The van der Waals surface area contributed by atoms with Gasteiger partial charge in [0.15, 0.2) is 0 Å². The van der Waals surface area contributed by atoms with Crippen molar-refractivity contribution in [1.29, 1.82) is 0 Å². The summed E-state index contributed by atoms with van der Waals surface area (Å²) in [4.78, 5) is 38.3. The van der Waals surface area contributed by atoms with Crippen molar-refractivity contribution in [3.05, 3.63) is 63.4 Å². The highest BCUT2D eigenvalue weighted by molar-refractivity contribution is 7.52. The average molecular weight is 582 g/mol. The van der Waals surface area contributed by atoms with Gasteiger partial charge in [0.1, 0.15) is 30.1 Å². The lowest BCUT2D eigenvalue weighted by atomic mass is 10.0. The fraction of sp³-hybridized carbons (Fsp3) is 0.480. The molecule has 1 aliphatic heterocycles. The topological polar surface area (TPSA) is 188 Å². The molecule has 5 atom stereocenters. The molecule has 14 nitrogen and oxygen atoms in total. The van der Waals surface area contributed by atoms with Crippen molar-refractivity contribution >= 4 is 13.7 Å². The molecule has 0 bridgehead atoms. The summed E-state index contributed by atoms with van der Waals surface area (Å²) in [6.45, 7) is 1.62. The Morgan fingerprint density at radius 1 is 1.30 bits per heavy atom. The molecule has 0 spiro atoms. The van der Waals surface area contributed by atoms with Gasteiger partial charge in [-0.05, 0) is 25.0 Å². The number of hydrogen-bond acceptors (Lipinski definition) is 11. The third-order valence-corrected chi connectivity index (χ3v) is 7.65. The van der Waals surface area contributed by atoms with Crippen molar-refractivity contribution in [3.63, 3.8) is 0 Å². The second kappa shape index (κ2) is 13.9. The second-order valence-electron chi connectivity index (χ2n) is 8.87. The van der Waals surface area contributed by atoms with Gasteiger partial charge >= 0.3 is 19.4 Å². The van der Waals surface area contributed by atoms with E-state index in [1.807, 2.05) is 10.9 Å². The van der Waals surface area contributed by atoms with Crippen molar-refractivity contribution in [2.24, 2.45) is 0 Å². The summed E-state index contributed by atoms with van der Waals surface area (Å²) in [5, 5.41) is 24.5. The van der Waals surface area contributed by atoms with Crippen molar-refractivity contribution in [3.8, 4) is 18.1 Å². The molecule has 15 heteroatoms. The van der Waals surface area contributed by atoms with E-state index in [0.717, 1.165) is 19.4 Å². The summed E-state index contributed by atoms with van der Waals surface area (Å²) in [7, 11) is -3.23. The van der Waals surface area contributed by atoms with Gasteiger partial charge in [0.25, 0.3) is 5.56 Å². The fourth-order valence-electron chi connectivity index (χ4n) is 3.76. The summed E-state index contributed by atoms with van der Waals surface area (Å²) >= 11 is 0. The lowest BCUT2D eigenvalue weighted by Gasteiger charge is -2.34. The SMILES string of the molecule is C#C[C@@](O)([C@H](O)[C@@H](COP(=O)(N[C@@H](C)C(=O)OC1CCOCC1)Oc1ccccc1)OC)n1ccc(=O)[nH]c1=O. The normalized spacial score (nSPS) is 19.3. The number of hydrogen-bond donors (Lipinski definition) is 4. The summed E-state index contributed by atoms with van der Waals surface area (Å²) in [5.41, 5.74) is -4.56. The lowest BCUT2D eigenvalue weighted by molar-refractivity contribution is -0.155. The Hall–Kier alpha value is -3.28. The maximum Gasteiger partial charge on any atom is 0.459 e. The van der Waals surface area contributed by atoms with E-state index in [1.165, 1.54) is 19.1 Å². The van der Waals surface area contributed by atoms with Crippen molar-refractivity contribution in [1.82, 2.24) is 14.6 Å². The highest BCUT2D eigenvalue weighted by atomic mass is 31.2. The van der Waals surface area contributed by atoms with Crippen LogP contribution in [0, 0.1) is 12.3 Å². The summed E-state index contributed by atoms with van der Waals surface area (Å²) in [6, 6.07) is 7.73. The third-order valence-electron chi connectivity index (χ3n) is 6.00. The largest absolute Gasteiger partial charge is 0.461 e. The lowest BCUT2D eigenvalue weighted by Crippen LogP contribution is -2.56. The van der Waals surface area contributed by atoms with Crippen LogP contribution in [-0.4, -0.2) is 77.0 Å². The maximum atomic E-state index is 13.8.